The molecule has 0 fully saturated rings. The summed E-state index contributed by atoms with van der Waals surface area (Å²) in [6, 6.07) is 0. The van der Waals surface area contributed by atoms with E-state index >= 15 is 0 Å². The summed E-state index contributed by atoms with van der Waals surface area (Å²) in [5, 5.41) is 0. The lowest BCUT2D eigenvalue weighted by Crippen LogP contribution is -2.33. The van der Waals surface area contributed by atoms with Gasteiger partial charge in [-0.1, -0.05) is 0 Å². The number of hydrogen-bond acceptors (Lipinski definition) is 2. The highest BCUT2D eigenvalue weighted by atomic mass is 79.9. The molecule has 1 heterocycles. The summed E-state index contributed by atoms with van der Waals surface area (Å²) < 4.78 is 17.1. The van der Waals surface area contributed by atoms with Gasteiger partial charge >= 0.3 is 0 Å². The first-order chi connectivity index (χ1) is 6.80. The molecule has 86 valence electrons. The molecule has 1 aromatic rings. The number of nitrogens with zero attached hydrogens (tertiary/aromatic N) is 2. The van der Waals surface area contributed by atoms with Crippen LogP contribution in [0.3, 0.4) is 0 Å². The van der Waals surface area contributed by atoms with Gasteiger partial charge in [0.25, 0.3) is 0 Å². The van der Waals surface area contributed by atoms with Crippen molar-refractivity contribution in [1.29, 1.82) is 0 Å². The number of imidazole rings is 1. The largest absolute Gasteiger partial charge is 0.336 e. The minimum absolute atomic E-state index is 0.248. The maximum atomic E-state index is 11.7. The minimum Gasteiger partial charge on any atom is -0.336 e. The summed E-state index contributed by atoms with van der Waals surface area (Å²) in [5.41, 5.74) is 0. The molecule has 0 aliphatic carbocycles. The molecule has 0 saturated carbocycles. The third-order valence-electron chi connectivity index (χ3n) is 1.86. The summed E-state index contributed by atoms with van der Waals surface area (Å²) in [6.07, 6.45) is 1.87. The van der Waals surface area contributed by atoms with Gasteiger partial charge in [0.2, 0.25) is 0 Å². The van der Waals surface area contributed by atoms with E-state index in [0.29, 0.717) is 6.54 Å². The van der Waals surface area contributed by atoms with Crippen LogP contribution in [0, 0.1) is 0 Å². The van der Waals surface area contributed by atoms with E-state index in [2.05, 4.69) is 25.6 Å². The Labute approximate surface area is 101 Å². The summed E-state index contributed by atoms with van der Waals surface area (Å²) in [4.78, 5) is 4.25. The predicted molar refractivity (Wildman–Crippen MR) is 65.6 cm³/mol. The van der Waals surface area contributed by atoms with Crippen LogP contribution in [-0.2, 0) is 24.6 Å². The number of aromatic nitrogens is 2. The minimum atomic E-state index is -1.06. The summed E-state index contributed by atoms with van der Waals surface area (Å²) in [5.74, 6) is 0.861. The summed E-state index contributed by atoms with van der Waals surface area (Å²) in [7, 11) is 0.856. The topological polar surface area (TPSA) is 46.9 Å². The lowest BCUT2D eigenvalue weighted by atomic mass is 10.3. The van der Waals surface area contributed by atoms with E-state index in [4.69, 9.17) is 0 Å². The Hall–Kier alpha value is -0.200. The van der Waals surface area contributed by atoms with Gasteiger partial charge in [-0.15, -0.1) is 0 Å². The molecule has 1 N–H and O–H groups in total. The van der Waals surface area contributed by atoms with E-state index in [-0.39, 0.29) is 4.75 Å². The molecule has 0 radical (unpaired) electrons. The zero-order valence-corrected chi connectivity index (χ0v) is 11.8. The summed E-state index contributed by atoms with van der Waals surface area (Å²) in [6.45, 7) is 6.31. The molecule has 0 saturated heterocycles. The molecule has 0 aliphatic heterocycles. The number of nitrogens with one attached hydrogen (secondary N) is 1. The molecule has 1 rings (SSSR count). The molecular formula is C9H16BrN3OS. The van der Waals surface area contributed by atoms with Crippen molar-refractivity contribution in [2.24, 2.45) is 7.05 Å². The summed E-state index contributed by atoms with van der Waals surface area (Å²) >= 11 is 3.29. The Kier molecular flexibility index (Phi) is 4.08. The van der Waals surface area contributed by atoms with Crippen molar-refractivity contribution >= 4 is 26.9 Å². The average molecular weight is 294 g/mol. The molecule has 0 aromatic carbocycles. The Balaban J connectivity index is 2.58. The number of hydrogen-bond donors (Lipinski definition) is 1. The van der Waals surface area contributed by atoms with Crippen molar-refractivity contribution in [2.75, 3.05) is 0 Å². The van der Waals surface area contributed by atoms with E-state index in [1.54, 1.807) is 0 Å². The van der Waals surface area contributed by atoms with Crippen LogP contribution in [0.25, 0.3) is 0 Å². The van der Waals surface area contributed by atoms with Crippen molar-refractivity contribution < 1.29 is 4.21 Å². The molecule has 1 atom stereocenters. The lowest BCUT2D eigenvalue weighted by molar-refractivity contribution is 0.629. The third kappa shape index (κ3) is 3.70. The third-order valence-corrected chi connectivity index (χ3v) is 3.76. The predicted octanol–water partition coefficient (Wildman–Crippen LogP) is 1.73. The van der Waals surface area contributed by atoms with Crippen molar-refractivity contribution in [2.45, 2.75) is 32.1 Å². The second kappa shape index (κ2) is 4.76. The van der Waals surface area contributed by atoms with Gasteiger partial charge in [-0.25, -0.2) is 13.9 Å². The zero-order chi connectivity index (χ0) is 11.6. The highest BCUT2D eigenvalue weighted by Gasteiger charge is 2.19. The smallest absolute Gasteiger partial charge is 0.124 e. The van der Waals surface area contributed by atoms with Crippen LogP contribution < -0.4 is 4.72 Å². The molecule has 15 heavy (non-hydrogen) atoms. The van der Waals surface area contributed by atoms with Crippen LogP contribution in [0.15, 0.2) is 10.8 Å². The fourth-order valence-corrected chi connectivity index (χ4v) is 2.18. The molecule has 4 nitrogen and oxygen atoms in total. The van der Waals surface area contributed by atoms with E-state index < -0.39 is 11.0 Å². The van der Waals surface area contributed by atoms with Crippen LogP contribution in [0.2, 0.25) is 0 Å². The Morgan fingerprint density at radius 2 is 2.20 bits per heavy atom. The highest BCUT2D eigenvalue weighted by molar-refractivity contribution is 9.10. The molecule has 0 amide bonds. The second-order valence-corrected chi connectivity index (χ2v) is 7.16. The van der Waals surface area contributed by atoms with E-state index in [1.807, 2.05) is 38.6 Å². The van der Waals surface area contributed by atoms with Crippen molar-refractivity contribution in [3.63, 3.8) is 0 Å². The average Bonchev–Trinajstić information content (AvgIpc) is 2.39. The van der Waals surface area contributed by atoms with Gasteiger partial charge in [0.15, 0.2) is 0 Å². The van der Waals surface area contributed by atoms with Gasteiger partial charge in [0.05, 0.1) is 22.3 Å². The number of rotatable bonds is 3. The molecule has 1 aromatic heterocycles. The Bertz CT molecular complexity index is 370. The maximum Gasteiger partial charge on any atom is 0.124 e. The first kappa shape index (κ1) is 12.9. The fourth-order valence-electron chi connectivity index (χ4n) is 0.976. The van der Waals surface area contributed by atoms with Gasteiger partial charge < -0.3 is 4.57 Å². The molecule has 0 bridgehead atoms. The monoisotopic (exact) mass is 293 g/mol. The lowest BCUT2D eigenvalue weighted by Gasteiger charge is -2.17. The Morgan fingerprint density at radius 1 is 1.60 bits per heavy atom. The van der Waals surface area contributed by atoms with Gasteiger partial charge in [-0.2, -0.15) is 0 Å². The van der Waals surface area contributed by atoms with E-state index in [0.717, 1.165) is 10.4 Å². The molecule has 6 heteroatoms. The number of aryl methyl sites for hydroxylation is 1. The van der Waals surface area contributed by atoms with Gasteiger partial charge in [0, 0.05) is 13.2 Å². The van der Waals surface area contributed by atoms with Crippen LogP contribution in [0.5, 0.6) is 0 Å². The molecule has 1 unspecified atom stereocenters. The quantitative estimate of drug-likeness (QED) is 0.923. The van der Waals surface area contributed by atoms with Crippen molar-refractivity contribution in [3.05, 3.63) is 16.6 Å². The normalized spacial score (nSPS) is 14.2. The Morgan fingerprint density at radius 3 is 2.60 bits per heavy atom. The highest BCUT2D eigenvalue weighted by Crippen LogP contribution is 2.11. The first-order valence-corrected chi connectivity index (χ1v) is 6.58. The van der Waals surface area contributed by atoms with Crippen molar-refractivity contribution in [1.82, 2.24) is 14.3 Å². The molecule has 0 spiro atoms. The van der Waals surface area contributed by atoms with Crippen LogP contribution >= 0.6 is 15.9 Å². The van der Waals surface area contributed by atoms with Gasteiger partial charge in [-0.3, -0.25) is 0 Å². The van der Waals surface area contributed by atoms with Gasteiger partial charge in [-0.05, 0) is 36.7 Å². The van der Waals surface area contributed by atoms with Crippen LogP contribution in [-0.4, -0.2) is 18.5 Å². The maximum absolute atomic E-state index is 11.7. The molecule has 0 aliphatic rings. The number of halogens is 1. The van der Waals surface area contributed by atoms with Crippen LogP contribution in [0.1, 0.15) is 26.6 Å². The van der Waals surface area contributed by atoms with Crippen LogP contribution in [0.4, 0.5) is 0 Å². The molecular weight excluding hydrogens is 278 g/mol. The van der Waals surface area contributed by atoms with Gasteiger partial charge in [0.1, 0.15) is 10.4 Å². The van der Waals surface area contributed by atoms with E-state index in [1.165, 1.54) is 0 Å². The van der Waals surface area contributed by atoms with Crippen molar-refractivity contribution in [3.8, 4) is 0 Å². The van der Waals surface area contributed by atoms with E-state index in [9.17, 15) is 4.21 Å². The fraction of sp³-hybridized carbons (Fsp3) is 0.667. The SMILES string of the molecule is Cn1cc(Br)nc1CNS(=O)C(C)(C)C. The zero-order valence-electron chi connectivity index (χ0n) is 9.37. The second-order valence-electron chi connectivity index (χ2n) is 4.29. The first-order valence-electron chi connectivity index (χ1n) is 4.64. The standard InChI is InChI=1S/C9H16BrN3OS/c1-9(2,3)15(14)11-5-8-12-7(10)6-13(8)4/h6,11H,5H2,1-4H3.